The molecule has 0 bridgehead atoms. The molecule has 1 saturated heterocycles. The third kappa shape index (κ3) is 1.95. The summed E-state index contributed by atoms with van der Waals surface area (Å²) in [5.74, 6) is 0. The predicted octanol–water partition coefficient (Wildman–Crippen LogP) is 2.10. The van der Waals surface area contributed by atoms with Crippen molar-refractivity contribution < 1.29 is 0 Å². The van der Waals surface area contributed by atoms with Gasteiger partial charge in [-0.2, -0.15) is 0 Å². The fraction of sp³-hybridized carbons (Fsp3) is 0.235. The van der Waals surface area contributed by atoms with Gasteiger partial charge in [-0.3, -0.25) is 9.78 Å². The van der Waals surface area contributed by atoms with Crippen LogP contribution < -0.4 is 15.8 Å². The Bertz CT molecular complexity index is 1130. The summed E-state index contributed by atoms with van der Waals surface area (Å²) in [6, 6.07) is 3.91. The Hall–Kier alpha value is -2.51. The van der Waals surface area contributed by atoms with Gasteiger partial charge in [0.25, 0.3) is 5.56 Å². The first-order valence-corrected chi connectivity index (χ1v) is 8.78. The number of thiazole rings is 1. The van der Waals surface area contributed by atoms with Gasteiger partial charge in [-0.1, -0.05) is 11.3 Å². The summed E-state index contributed by atoms with van der Waals surface area (Å²) in [6.07, 6.45) is 5.22. The van der Waals surface area contributed by atoms with E-state index in [9.17, 15) is 4.79 Å². The Labute approximate surface area is 141 Å². The van der Waals surface area contributed by atoms with Crippen molar-refractivity contribution in [1.82, 2.24) is 20.3 Å². The minimum Gasteiger partial charge on any atom is -0.346 e. The molecule has 5 rings (SSSR count). The second kappa shape index (κ2) is 5.25. The number of H-pyrrole nitrogens is 1. The average molecular weight is 337 g/mol. The lowest BCUT2D eigenvalue weighted by molar-refractivity contribution is 0.588. The molecule has 0 radical (unpaired) electrons. The second-order valence-corrected chi connectivity index (χ2v) is 6.91. The first-order valence-electron chi connectivity index (χ1n) is 7.96. The summed E-state index contributed by atoms with van der Waals surface area (Å²) < 4.78 is 1.07. The molecule has 24 heavy (non-hydrogen) atoms. The van der Waals surface area contributed by atoms with Crippen LogP contribution in [0, 0.1) is 0 Å². The molecule has 0 aliphatic carbocycles. The maximum Gasteiger partial charge on any atom is 0.256 e. The first-order chi connectivity index (χ1) is 11.8. The quantitative estimate of drug-likeness (QED) is 0.520. The lowest BCUT2D eigenvalue weighted by atomic mass is 10.0. The van der Waals surface area contributed by atoms with Crippen LogP contribution in [0.4, 0.5) is 5.13 Å². The van der Waals surface area contributed by atoms with Crippen molar-refractivity contribution >= 4 is 48.2 Å². The molecule has 7 heteroatoms. The minimum absolute atomic E-state index is 0.0791. The first kappa shape index (κ1) is 13.9. The highest BCUT2D eigenvalue weighted by Crippen LogP contribution is 2.38. The number of hydrogen-bond donors (Lipinski definition) is 2. The normalized spacial score (nSPS) is 15.6. The molecule has 0 amide bonds. The van der Waals surface area contributed by atoms with Crippen LogP contribution in [0.15, 0.2) is 35.5 Å². The van der Waals surface area contributed by atoms with E-state index in [0.717, 1.165) is 57.7 Å². The molecule has 1 aliphatic rings. The molecule has 1 fully saturated rings. The van der Waals surface area contributed by atoms with Gasteiger partial charge in [0, 0.05) is 60.9 Å². The standard InChI is InChI=1S/C17H15N5OS/c23-16-13-11(2-4-20-16)15-14(10-1-3-19-9-12(10)13)21-17(24-15)22-7-5-18-6-8-22/h1-4,9,18H,5-8H2,(H,20,23). The fourth-order valence-electron chi connectivity index (χ4n) is 3.40. The van der Waals surface area contributed by atoms with E-state index in [0.29, 0.717) is 5.39 Å². The van der Waals surface area contributed by atoms with Gasteiger partial charge < -0.3 is 15.2 Å². The third-order valence-corrected chi connectivity index (χ3v) is 5.70. The summed E-state index contributed by atoms with van der Waals surface area (Å²) in [4.78, 5) is 26.7. The molecule has 0 spiro atoms. The summed E-state index contributed by atoms with van der Waals surface area (Å²) in [5.41, 5.74) is 0.883. The largest absolute Gasteiger partial charge is 0.346 e. The van der Waals surface area contributed by atoms with Gasteiger partial charge in [0.2, 0.25) is 0 Å². The van der Waals surface area contributed by atoms with E-state index in [-0.39, 0.29) is 5.56 Å². The van der Waals surface area contributed by atoms with Crippen molar-refractivity contribution in [2.24, 2.45) is 0 Å². The second-order valence-electron chi connectivity index (χ2n) is 5.93. The van der Waals surface area contributed by atoms with Crippen molar-refractivity contribution in [3.05, 3.63) is 41.1 Å². The Morgan fingerprint density at radius 2 is 2.00 bits per heavy atom. The molecule has 4 heterocycles. The number of hydrogen-bond acceptors (Lipinski definition) is 6. The molecule has 0 unspecified atom stereocenters. The summed E-state index contributed by atoms with van der Waals surface area (Å²) in [6.45, 7) is 3.86. The molecular weight excluding hydrogens is 322 g/mol. The Balaban J connectivity index is 1.91. The highest BCUT2D eigenvalue weighted by molar-refractivity contribution is 7.23. The number of nitrogens with one attached hydrogen (secondary N) is 2. The SMILES string of the molecule is O=c1[nH]ccc2c3sc(N4CCNCC4)nc3c3ccncc3c12. The zero-order valence-electron chi connectivity index (χ0n) is 12.9. The van der Waals surface area contributed by atoms with Gasteiger partial charge >= 0.3 is 0 Å². The van der Waals surface area contributed by atoms with Gasteiger partial charge in [0.15, 0.2) is 5.13 Å². The number of fused-ring (bicyclic) bond motifs is 6. The van der Waals surface area contributed by atoms with Crippen LogP contribution in [-0.2, 0) is 0 Å². The summed E-state index contributed by atoms with van der Waals surface area (Å²) in [7, 11) is 0. The predicted molar refractivity (Wildman–Crippen MR) is 98.1 cm³/mol. The maximum atomic E-state index is 12.4. The molecule has 6 nitrogen and oxygen atoms in total. The smallest absolute Gasteiger partial charge is 0.256 e. The van der Waals surface area contributed by atoms with Crippen LogP contribution in [0.5, 0.6) is 0 Å². The number of aromatic amines is 1. The highest BCUT2D eigenvalue weighted by Gasteiger charge is 2.19. The van der Waals surface area contributed by atoms with E-state index >= 15 is 0 Å². The molecule has 3 aromatic heterocycles. The highest BCUT2D eigenvalue weighted by atomic mass is 32.1. The van der Waals surface area contributed by atoms with Crippen molar-refractivity contribution in [1.29, 1.82) is 0 Å². The fourth-order valence-corrected chi connectivity index (χ4v) is 4.56. The van der Waals surface area contributed by atoms with E-state index in [4.69, 9.17) is 4.98 Å². The van der Waals surface area contributed by atoms with Crippen LogP contribution in [-0.4, -0.2) is 41.1 Å². The van der Waals surface area contributed by atoms with E-state index in [1.54, 1.807) is 29.9 Å². The van der Waals surface area contributed by atoms with Gasteiger partial charge in [0.1, 0.15) is 0 Å². The van der Waals surface area contributed by atoms with E-state index in [1.165, 1.54) is 0 Å². The topological polar surface area (TPSA) is 73.9 Å². The van der Waals surface area contributed by atoms with Crippen LogP contribution >= 0.6 is 11.3 Å². The van der Waals surface area contributed by atoms with Gasteiger partial charge in [0.05, 0.1) is 15.6 Å². The molecule has 120 valence electrons. The minimum atomic E-state index is -0.0791. The number of pyridine rings is 2. The van der Waals surface area contributed by atoms with Crippen molar-refractivity contribution in [3.8, 4) is 0 Å². The molecule has 1 aliphatic heterocycles. The van der Waals surface area contributed by atoms with Gasteiger partial charge in [-0.25, -0.2) is 4.98 Å². The summed E-state index contributed by atoms with van der Waals surface area (Å²) in [5, 5.41) is 7.89. The Morgan fingerprint density at radius 3 is 2.88 bits per heavy atom. The number of benzene rings is 1. The molecule has 1 aromatic carbocycles. The number of aromatic nitrogens is 3. The Morgan fingerprint density at radius 1 is 1.12 bits per heavy atom. The monoisotopic (exact) mass is 337 g/mol. The van der Waals surface area contributed by atoms with Crippen LogP contribution in [0.1, 0.15) is 0 Å². The van der Waals surface area contributed by atoms with E-state index in [1.807, 2.05) is 12.1 Å². The number of piperazine rings is 1. The number of anilines is 1. The molecule has 0 atom stereocenters. The van der Waals surface area contributed by atoms with Crippen LogP contribution in [0.3, 0.4) is 0 Å². The van der Waals surface area contributed by atoms with Crippen molar-refractivity contribution in [3.63, 3.8) is 0 Å². The van der Waals surface area contributed by atoms with Gasteiger partial charge in [-0.05, 0) is 12.1 Å². The molecule has 2 N–H and O–H groups in total. The molecule has 4 aromatic rings. The zero-order valence-corrected chi connectivity index (χ0v) is 13.7. The van der Waals surface area contributed by atoms with E-state index < -0.39 is 0 Å². The number of nitrogens with zero attached hydrogens (tertiary/aromatic N) is 3. The van der Waals surface area contributed by atoms with Crippen molar-refractivity contribution in [2.45, 2.75) is 0 Å². The Kier molecular flexibility index (Phi) is 3.04. The zero-order chi connectivity index (χ0) is 16.1. The third-order valence-electron chi connectivity index (χ3n) is 4.55. The van der Waals surface area contributed by atoms with Crippen LogP contribution in [0.2, 0.25) is 0 Å². The molecular formula is C17H15N5OS. The van der Waals surface area contributed by atoms with E-state index in [2.05, 4.69) is 20.2 Å². The lowest BCUT2D eigenvalue weighted by Crippen LogP contribution is -2.43. The van der Waals surface area contributed by atoms with Crippen LogP contribution in [0.25, 0.3) is 31.8 Å². The number of rotatable bonds is 1. The van der Waals surface area contributed by atoms with Crippen molar-refractivity contribution in [2.75, 3.05) is 31.1 Å². The molecule has 0 saturated carbocycles. The maximum absolute atomic E-state index is 12.4. The lowest BCUT2D eigenvalue weighted by Gasteiger charge is -2.26. The summed E-state index contributed by atoms with van der Waals surface area (Å²) >= 11 is 1.67. The van der Waals surface area contributed by atoms with Gasteiger partial charge in [-0.15, -0.1) is 0 Å². The average Bonchev–Trinajstić information content (AvgIpc) is 3.08.